The molecule has 2 rings (SSSR count). The van der Waals surface area contributed by atoms with Crippen LogP contribution in [0.1, 0.15) is 18.4 Å². The van der Waals surface area contributed by atoms with Crippen molar-refractivity contribution in [3.8, 4) is 0 Å². The number of hydrogen-bond donors (Lipinski definition) is 1. The van der Waals surface area contributed by atoms with Crippen molar-refractivity contribution in [2.45, 2.75) is 19.8 Å². The van der Waals surface area contributed by atoms with Crippen molar-refractivity contribution < 1.29 is 8.42 Å². The molecule has 1 aliphatic heterocycles. The molecule has 0 aliphatic carbocycles. The second-order valence-corrected chi connectivity index (χ2v) is 6.15. The third-order valence-electron chi connectivity index (χ3n) is 2.85. The van der Waals surface area contributed by atoms with Crippen molar-refractivity contribution >= 4 is 21.4 Å². The molecule has 0 unspecified atom stereocenters. The van der Waals surface area contributed by atoms with E-state index in [9.17, 15) is 8.42 Å². The van der Waals surface area contributed by atoms with E-state index >= 15 is 0 Å². The maximum atomic E-state index is 11.9. The third kappa shape index (κ3) is 2.00. The van der Waals surface area contributed by atoms with Crippen molar-refractivity contribution in [2.75, 3.05) is 22.3 Å². The number of nitrogens with zero attached hydrogens (tertiary/aromatic N) is 1. The van der Waals surface area contributed by atoms with Crippen molar-refractivity contribution in [2.24, 2.45) is 0 Å². The van der Waals surface area contributed by atoms with E-state index in [4.69, 9.17) is 5.73 Å². The van der Waals surface area contributed by atoms with Crippen molar-refractivity contribution in [1.82, 2.24) is 0 Å². The third-order valence-corrected chi connectivity index (χ3v) is 4.71. The highest BCUT2D eigenvalue weighted by atomic mass is 32.2. The average molecular weight is 240 g/mol. The largest absolute Gasteiger partial charge is 0.399 e. The fourth-order valence-electron chi connectivity index (χ4n) is 1.95. The smallest absolute Gasteiger partial charge is 0.235 e. The summed E-state index contributed by atoms with van der Waals surface area (Å²) in [5.74, 6) is 0.237. The Morgan fingerprint density at radius 3 is 2.75 bits per heavy atom. The Hall–Kier alpha value is -1.23. The van der Waals surface area contributed by atoms with Gasteiger partial charge in [-0.15, -0.1) is 0 Å². The highest BCUT2D eigenvalue weighted by Gasteiger charge is 2.26. The number of hydrogen-bond acceptors (Lipinski definition) is 3. The summed E-state index contributed by atoms with van der Waals surface area (Å²) >= 11 is 0. The first-order chi connectivity index (χ1) is 7.50. The van der Waals surface area contributed by atoms with E-state index < -0.39 is 10.0 Å². The molecular formula is C11H16N2O2S. The lowest BCUT2D eigenvalue weighted by Gasteiger charge is -2.29. The van der Waals surface area contributed by atoms with Crippen LogP contribution < -0.4 is 10.0 Å². The molecule has 0 saturated carbocycles. The number of sulfonamides is 1. The number of aryl methyl sites for hydroxylation is 1. The molecule has 0 spiro atoms. The zero-order valence-corrected chi connectivity index (χ0v) is 10.1. The Balaban J connectivity index is 2.46. The minimum absolute atomic E-state index is 0.237. The van der Waals surface area contributed by atoms with Crippen LogP contribution in [0.4, 0.5) is 11.4 Å². The van der Waals surface area contributed by atoms with Crippen molar-refractivity contribution in [3.63, 3.8) is 0 Å². The van der Waals surface area contributed by atoms with Gasteiger partial charge in [-0.3, -0.25) is 4.31 Å². The second-order valence-electron chi connectivity index (χ2n) is 4.14. The standard InChI is InChI=1S/C11H16N2O2S/c1-9-4-5-10(12)8-11(9)13-6-2-3-7-16(13,14)15/h4-5,8H,2-3,6-7,12H2,1H3. The molecular weight excluding hydrogens is 224 g/mol. The molecule has 88 valence electrons. The van der Waals surface area contributed by atoms with Crippen LogP contribution in [0.2, 0.25) is 0 Å². The fourth-order valence-corrected chi connectivity index (χ4v) is 3.65. The molecule has 1 heterocycles. The number of nitrogen functional groups attached to an aromatic ring is 1. The maximum absolute atomic E-state index is 11.9. The van der Waals surface area contributed by atoms with Gasteiger partial charge in [0, 0.05) is 12.2 Å². The molecule has 1 aromatic rings. The van der Waals surface area contributed by atoms with Gasteiger partial charge in [-0.25, -0.2) is 8.42 Å². The molecule has 1 saturated heterocycles. The summed E-state index contributed by atoms with van der Waals surface area (Å²) < 4.78 is 25.4. The van der Waals surface area contributed by atoms with Crippen LogP contribution in [-0.4, -0.2) is 20.7 Å². The topological polar surface area (TPSA) is 63.4 Å². The lowest BCUT2D eigenvalue weighted by molar-refractivity contribution is 0.574. The SMILES string of the molecule is Cc1ccc(N)cc1N1CCCCS1(=O)=O. The van der Waals surface area contributed by atoms with Crippen LogP contribution in [0.5, 0.6) is 0 Å². The highest BCUT2D eigenvalue weighted by molar-refractivity contribution is 7.92. The second kappa shape index (κ2) is 3.97. The van der Waals surface area contributed by atoms with Gasteiger partial charge in [0.05, 0.1) is 11.4 Å². The van der Waals surface area contributed by atoms with Gasteiger partial charge in [0.25, 0.3) is 0 Å². The van der Waals surface area contributed by atoms with Gasteiger partial charge in [-0.1, -0.05) is 6.07 Å². The lowest BCUT2D eigenvalue weighted by atomic mass is 10.2. The lowest BCUT2D eigenvalue weighted by Crippen LogP contribution is -2.38. The van der Waals surface area contributed by atoms with Gasteiger partial charge in [0.15, 0.2) is 0 Å². The molecule has 4 nitrogen and oxygen atoms in total. The highest BCUT2D eigenvalue weighted by Crippen LogP contribution is 2.28. The van der Waals surface area contributed by atoms with Crippen LogP contribution in [0.3, 0.4) is 0 Å². The van der Waals surface area contributed by atoms with Crippen molar-refractivity contribution in [1.29, 1.82) is 0 Å². The fraction of sp³-hybridized carbons (Fsp3) is 0.455. The van der Waals surface area contributed by atoms with Gasteiger partial charge < -0.3 is 5.73 Å². The summed E-state index contributed by atoms with van der Waals surface area (Å²) in [5.41, 5.74) is 7.97. The summed E-state index contributed by atoms with van der Waals surface area (Å²) in [6, 6.07) is 5.38. The molecule has 1 aromatic carbocycles. The molecule has 0 atom stereocenters. The normalized spacial score (nSPS) is 19.7. The monoisotopic (exact) mass is 240 g/mol. The number of nitrogens with two attached hydrogens (primary N) is 1. The molecule has 16 heavy (non-hydrogen) atoms. The van der Waals surface area contributed by atoms with Crippen LogP contribution in [0, 0.1) is 6.92 Å². The van der Waals surface area contributed by atoms with Crippen LogP contribution in [0.25, 0.3) is 0 Å². The number of anilines is 2. The van der Waals surface area contributed by atoms with Gasteiger partial charge >= 0.3 is 0 Å². The predicted molar refractivity (Wildman–Crippen MR) is 66.0 cm³/mol. The van der Waals surface area contributed by atoms with Crippen LogP contribution >= 0.6 is 0 Å². The molecule has 0 amide bonds. The minimum Gasteiger partial charge on any atom is -0.399 e. The minimum atomic E-state index is -3.14. The van der Waals surface area contributed by atoms with E-state index in [0.29, 0.717) is 12.2 Å². The molecule has 2 N–H and O–H groups in total. The first-order valence-corrected chi connectivity index (χ1v) is 6.98. The van der Waals surface area contributed by atoms with Gasteiger partial charge in [0.1, 0.15) is 0 Å². The quantitative estimate of drug-likeness (QED) is 0.757. The average Bonchev–Trinajstić information content (AvgIpc) is 2.22. The Morgan fingerprint density at radius 2 is 2.06 bits per heavy atom. The zero-order valence-electron chi connectivity index (χ0n) is 9.31. The van der Waals surface area contributed by atoms with E-state index in [0.717, 1.165) is 24.1 Å². The Bertz CT molecular complexity index is 497. The van der Waals surface area contributed by atoms with E-state index in [2.05, 4.69) is 0 Å². The Morgan fingerprint density at radius 1 is 1.31 bits per heavy atom. The molecule has 1 aliphatic rings. The Kier molecular flexibility index (Phi) is 2.80. The van der Waals surface area contributed by atoms with Gasteiger partial charge in [0.2, 0.25) is 10.0 Å². The van der Waals surface area contributed by atoms with Crippen LogP contribution in [-0.2, 0) is 10.0 Å². The van der Waals surface area contributed by atoms with Gasteiger partial charge in [-0.2, -0.15) is 0 Å². The van der Waals surface area contributed by atoms with Gasteiger partial charge in [-0.05, 0) is 37.5 Å². The molecule has 1 fully saturated rings. The maximum Gasteiger partial charge on any atom is 0.235 e. The molecule has 0 radical (unpaired) electrons. The predicted octanol–water partition coefficient (Wildman–Crippen LogP) is 1.51. The summed E-state index contributed by atoms with van der Waals surface area (Å²) in [6.07, 6.45) is 1.66. The van der Waals surface area contributed by atoms with E-state index in [1.807, 2.05) is 13.0 Å². The molecule has 0 aromatic heterocycles. The summed E-state index contributed by atoms with van der Waals surface area (Å²) in [5, 5.41) is 0. The Labute approximate surface area is 96.1 Å². The molecule has 0 bridgehead atoms. The first kappa shape index (κ1) is 11.3. The van der Waals surface area contributed by atoms with E-state index in [-0.39, 0.29) is 5.75 Å². The van der Waals surface area contributed by atoms with Crippen molar-refractivity contribution in [3.05, 3.63) is 23.8 Å². The van der Waals surface area contributed by atoms with E-state index in [1.165, 1.54) is 4.31 Å². The number of rotatable bonds is 1. The van der Waals surface area contributed by atoms with E-state index in [1.54, 1.807) is 12.1 Å². The first-order valence-electron chi connectivity index (χ1n) is 5.37. The number of benzene rings is 1. The summed E-state index contributed by atoms with van der Waals surface area (Å²) in [6.45, 7) is 2.46. The summed E-state index contributed by atoms with van der Waals surface area (Å²) in [4.78, 5) is 0. The summed E-state index contributed by atoms with van der Waals surface area (Å²) in [7, 11) is -3.14. The molecule has 5 heteroatoms. The zero-order chi connectivity index (χ0) is 11.8. The van der Waals surface area contributed by atoms with Crippen LogP contribution in [0.15, 0.2) is 18.2 Å².